The van der Waals surface area contributed by atoms with E-state index < -0.39 is 36.9 Å². The molecule has 0 aromatic heterocycles. The highest BCUT2D eigenvalue weighted by Gasteiger charge is 2.28. The predicted molar refractivity (Wildman–Crippen MR) is 265 cm³/mol. The van der Waals surface area contributed by atoms with Crippen molar-refractivity contribution in [1.82, 2.24) is 5.32 Å². The fraction of sp³-hybridized carbons (Fsp3) is 0.982. The Morgan fingerprint density at radius 1 is 0.344 bits per heavy atom. The van der Waals surface area contributed by atoms with Crippen LogP contribution in [0.3, 0.4) is 0 Å². The molecule has 61 heavy (non-hydrogen) atoms. The van der Waals surface area contributed by atoms with E-state index >= 15 is 0 Å². The van der Waals surface area contributed by atoms with Gasteiger partial charge in [0.25, 0.3) is 0 Å². The van der Waals surface area contributed by atoms with Gasteiger partial charge < -0.3 is 25.7 Å². The van der Waals surface area contributed by atoms with Crippen LogP contribution in [0.2, 0.25) is 0 Å². The SMILES string of the molecule is CCCCCCCCCCCCCCCCCCCCCCCCCCCCCCCC(O)C(O)C(CO)NC(=O)C(O)CCCCCCCCCCCCCCCCCC. The summed E-state index contributed by atoms with van der Waals surface area (Å²) in [5.41, 5.74) is 0. The zero-order valence-corrected chi connectivity index (χ0v) is 41.4. The van der Waals surface area contributed by atoms with Gasteiger partial charge in [-0.2, -0.15) is 0 Å². The molecule has 0 fully saturated rings. The number of carbonyl (C=O) groups is 1. The molecule has 0 saturated heterocycles. The molecule has 0 aromatic carbocycles. The third-order valence-corrected chi connectivity index (χ3v) is 13.6. The minimum atomic E-state index is -1.25. The highest BCUT2D eigenvalue weighted by atomic mass is 16.3. The molecular weight excluding hydrogens is 755 g/mol. The molecule has 0 aliphatic rings. The van der Waals surface area contributed by atoms with Gasteiger partial charge in [-0.15, -0.1) is 0 Å². The normalized spacial score (nSPS) is 13.7. The molecule has 1 amide bonds. The third kappa shape index (κ3) is 44.3. The van der Waals surface area contributed by atoms with E-state index in [9.17, 15) is 25.2 Å². The van der Waals surface area contributed by atoms with Crippen molar-refractivity contribution in [1.29, 1.82) is 0 Å². The van der Waals surface area contributed by atoms with Crippen LogP contribution in [0.5, 0.6) is 0 Å². The van der Waals surface area contributed by atoms with Crippen molar-refractivity contribution in [2.45, 2.75) is 340 Å². The molecule has 0 radical (unpaired) electrons. The molecule has 0 rings (SSSR count). The molecule has 4 unspecified atom stereocenters. The van der Waals surface area contributed by atoms with Crippen molar-refractivity contribution in [2.75, 3.05) is 6.61 Å². The van der Waals surface area contributed by atoms with Gasteiger partial charge in [0, 0.05) is 0 Å². The maximum atomic E-state index is 12.6. The molecular formula is C55H111NO5. The lowest BCUT2D eigenvalue weighted by atomic mass is 9.99. The molecule has 366 valence electrons. The molecule has 0 saturated carbocycles. The highest BCUT2D eigenvalue weighted by Crippen LogP contribution is 2.19. The summed E-state index contributed by atoms with van der Waals surface area (Å²) in [6.07, 6.45) is 57.4. The number of amides is 1. The number of hydrogen-bond acceptors (Lipinski definition) is 5. The minimum absolute atomic E-state index is 0.376. The maximum absolute atomic E-state index is 12.6. The quantitative estimate of drug-likeness (QED) is 0.0391. The van der Waals surface area contributed by atoms with Crippen LogP contribution in [-0.4, -0.2) is 57.3 Å². The zero-order valence-electron chi connectivity index (χ0n) is 41.4. The largest absolute Gasteiger partial charge is 0.394 e. The fourth-order valence-corrected chi connectivity index (χ4v) is 9.17. The summed E-state index contributed by atoms with van der Waals surface area (Å²) in [4.78, 5) is 12.6. The number of carbonyl (C=O) groups excluding carboxylic acids is 1. The Morgan fingerprint density at radius 2 is 0.557 bits per heavy atom. The van der Waals surface area contributed by atoms with Gasteiger partial charge in [-0.1, -0.05) is 303 Å². The lowest BCUT2D eigenvalue weighted by molar-refractivity contribution is -0.132. The average molecular weight is 866 g/mol. The second kappa shape index (κ2) is 50.3. The predicted octanol–water partition coefficient (Wildman–Crippen LogP) is 15.9. The van der Waals surface area contributed by atoms with Crippen LogP contribution in [0.25, 0.3) is 0 Å². The maximum Gasteiger partial charge on any atom is 0.249 e. The number of aliphatic hydroxyl groups is 4. The van der Waals surface area contributed by atoms with Crippen molar-refractivity contribution < 1.29 is 25.2 Å². The van der Waals surface area contributed by atoms with Gasteiger partial charge in [0.1, 0.15) is 12.2 Å². The van der Waals surface area contributed by atoms with Crippen LogP contribution in [0.4, 0.5) is 0 Å². The van der Waals surface area contributed by atoms with Gasteiger partial charge in [-0.3, -0.25) is 4.79 Å². The van der Waals surface area contributed by atoms with Gasteiger partial charge in [-0.05, 0) is 12.8 Å². The zero-order chi connectivity index (χ0) is 44.5. The number of rotatable bonds is 52. The summed E-state index contributed by atoms with van der Waals surface area (Å²) >= 11 is 0. The Hall–Kier alpha value is -0.690. The monoisotopic (exact) mass is 866 g/mol. The van der Waals surface area contributed by atoms with Crippen LogP contribution in [0.15, 0.2) is 0 Å². The molecule has 4 atom stereocenters. The van der Waals surface area contributed by atoms with Crippen molar-refractivity contribution in [2.24, 2.45) is 0 Å². The first-order valence-electron chi connectivity index (χ1n) is 27.9. The summed E-state index contributed by atoms with van der Waals surface area (Å²) in [7, 11) is 0. The highest BCUT2D eigenvalue weighted by molar-refractivity contribution is 5.80. The first kappa shape index (κ1) is 60.3. The topological polar surface area (TPSA) is 110 Å². The molecule has 0 aliphatic carbocycles. The van der Waals surface area contributed by atoms with E-state index in [4.69, 9.17) is 0 Å². The van der Waals surface area contributed by atoms with E-state index in [2.05, 4.69) is 19.2 Å². The summed E-state index contributed by atoms with van der Waals surface area (Å²) in [5.74, 6) is -0.577. The second-order valence-corrected chi connectivity index (χ2v) is 19.7. The van der Waals surface area contributed by atoms with E-state index in [1.54, 1.807) is 0 Å². The van der Waals surface area contributed by atoms with E-state index in [-0.39, 0.29) is 0 Å². The fourth-order valence-electron chi connectivity index (χ4n) is 9.17. The minimum Gasteiger partial charge on any atom is -0.394 e. The van der Waals surface area contributed by atoms with Gasteiger partial charge in [-0.25, -0.2) is 0 Å². The van der Waals surface area contributed by atoms with Crippen LogP contribution in [-0.2, 0) is 4.79 Å². The van der Waals surface area contributed by atoms with Gasteiger partial charge in [0.2, 0.25) is 5.91 Å². The second-order valence-electron chi connectivity index (χ2n) is 19.7. The van der Waals surface area contributed by atoms with E-state index in [0.29, 0.717) is 12.8 Å². The van der Waals surface area contributed by atoms with E-state index in [1.807, 2.05) is 0 Å². The molecule has 0 spiro atoms. The average Bonchev–Trinajstić information content (AvgIpc) is 3.26. The van der Waals surface area contributed by atoms with E-state index in [1.165, 1.54) is 250 Å². The first-order chi connectivity index (χ1) is 30.0. The Morgan fingerprint density at radius 3 is 0.787 bits per heavy atom. The Balaban J connectivity index is 3.55. The summed E-state index contributed by atoms with van der Waals surface area (Å²) < 4.78 is 0. The lowest BCUT2D eigenvalue weighted by Crippen LogP contribution is -2.53. The Labute approximate surface area is 381 Å². The molecule has 6 nitrogen and oxygen atoms in total. The van der Waals surface area contributed by atoms with Gasteiger partial charge >= 0.3 is 0 Å². The van der Waals surface area contributed by atoms with Crippen LogP contribution >= 0.6 is 0 Å². The third-order valence-electron chi connectivity index (χ3n) is 13.6. The molecule has 0 heterocycles. The smallest absolute Gasteiger partial charge is 0.249 e. The number of nitrogens with one attached hydrogen (secondary N) is 1. The molecule has 0 aromatic rings. The molecule has 0 bridgehead atoms. The van der Waals surface area contributed by atoms with Crippen molar-refractivity contribution in [3.05, 3.63) is 0 Å². The van der Waals surface area contributed by atoms with E-state index in [0.717, 1.165) is 38.5 Å². The number of aliphatic hydroxyl groups excluding tert-OH is 4. The molecule has 6 heteroatoms. The van der Waals surface area contributed by atoms with Crippen LogP contribution in [0.1, 0.15) is 316 Å². The van der Waals surface area contributed by atoms with Gasteiger partial charge in [0.15, 0.2) is 0 Å². The summed E-state index contributed by atoms with van der Waals surface area (Å²) in [5, 5.41) is 44.0. The Bertz CT molecular complexity index is 841. The first-order valence-corrected chi connectivity index (χ1v) is 27.9. The van der Waals surface area contributed by atoms with Crippen LogP contribution < -0.4 is 5.32 Å². The van der Waals surface area contributed by atoms with Gasteiger partial charge in [0.05, 0.1) is 18.8 Å². The van der Waals surface area contributed by atoms with Crippen molar-refractivity contribution in [3.8, 4) is 0 Å². The summed E-state index contributed by atoms with van der Waals surface area (Å²) in [6.45, 7) is 4.09. The summed E-state index contributed by atoms with van der Waals surface area (Å²) in [6, 6.07) is -0.980. The lowest BCUT2D eigenvalue weighted by Gasteiger charge is -2.27. The molecule has 0 aliphatic heterocycles. The van der Waals surface area contributed by atoms with Crippen molar-refractivity contribution in [3.63, 3.8) is 0 Å². The standard InChI is InChI=1S/C55H111NO5/c1-3-5-7-9-11-13-15-17-19-21-22-23-24-25-26-27-28-29-30-31-32-33-35-36-38-40-42-44-46-48-52(58)54(60)51(50-57)56-55(61)53(59)49-47-45-43-41-39-37-34-20-18-16-14-12-10-8-6-4-2/h51-54,57-60H,3-50H2,1-2H3,(H,56,61). The number of unbranched alkanes of at least 4 members (excludes halogenated alkanes) is 43. The van der Waals surface area contributed by atoms with Crippen molar-refractivity contribution >= 4 is 5.91 Å². The Kier molecular flexibility index (Phi) is 49.7. The molecule has 5 N–H and O–H groups in total. The number of hydrogen-bond donors (Lipinski definition) is 5. The van der Waals surface area contributed by atoms with Crippen LogP contribution in [0, 0.1) is 0 Å².